The maximum atomic E-state index is 11.0. The summed E-state index contributed by atoms with van der Waals surface area (Å²) in [6.07, 6.45) is 2.69. The van der Waals surface area contributed by atoms with Crippen molar-refractivity contribution in [2.75, 3.05) is 11.9 Å². The third-order valence-electron chi connectivity index (χ3n) is 1.22. The molecule has 0 saturated carbocycles. The van der Waals surface area contributed by atoms with E-state index in [4.69, 9.17) is 5.73 Å². The average molecular weight is 166 g/mol. The second-order valence-corrected chi connectivity index (χ2v) is 2.30. The van der Waals surface area contributed by atoms with Gasteiger partial charge in [-0.05, 0) is 0 Å². The van der Waals surface area contributed by atoms with Crippen LogP contribution in [0.25, 0.3) is 0 Å². The Morgan fingerprint density at radius 3 is 3.17 bits per heavy atom. The lowest BCUT2D eigenvalue weighted by atomic mass is 10.5. The molecule has 1 aromatic rings. The molecule has 0 spiro atoms. The van der Waals surface area contributed by atoms with Crippen LogP contribution in [0.15, 0.2) is 30.9 Å². The highest BCUT2D eigenvalue weighted by molar-refractivity contribution is 5.27. The second kappa shape index (κ2) is 3.56. The monoisotopic (exact) mass is 166 g/mol. The van der Waals surface area contributed by atoms with Crippen LogP contribution in [0.3, 0.4) is 0 Å². The number of rotatable bonds is 3. The Labute approximate surface area is 70.1 Å². The maximum Gasteiger partial charge on any atom is 0.225 e. The first kappa shape index (κ1) is 8.32. The Morgan fingerprint density at radius 2 is 2.58 bits per heavy atom. The fourth-order valence-electron chi connectivity index (χ4n) is 0.689. The minimum Gasteiger partial charge on any atom is -0.740 e. The fraction of sp³-hybridized carbons (Fsp3) is 0.143. The van der Waals surface area contributed by atoms with Gasteiger partial charge in [0.2, 0.25) is 12.1 Å². The van der Waals surface area contributed by atoms with Crippen LogP contribution in [0.2, 0.25) is 0 Å². The van der Waals surface area contributed by atoms with E-state index in [0.717, 1.165) is 0 Å². The van der Waals surface area contributed by atoms with Crippen LogP contribution in [0.5, 0.6) is 0 Å². The fourth-order valence-corrected chi connectivity index (χ4v) is 0.689. The first-order valence-corrected chi connectivity index (χ1v) is 3.40. The molecule has 0 fully saturated rings. The summed E-state index contributed by atoms with van der Waals surface area (Å²) in [5.74, 6) is 0.414. The van der Waals surface area contributed by atoms with Crippen molar-refractivity contribution < 1.29 is 4.73 Å². The van der Waals surface area contributed by atoms with Crippen LogP contribution in [0.4, 0.5) is 5.82 Å². The normalized spacial score (nSPS) is 9.33. The van der Waals surface area contributed by atoms with E-state index in [9.17, 15) is 5.21 Å². The first-order chi connectivity index (χ1) is 5.70. The highest BCUT2D eigenvalue weighted by Crippen LogP contribution is 1.94. The Balaban J connectivity index is 2.63. The molecule has 64 valence electrons. The van der Waals surface area contributed by atoms with E-state index < -0.39 is 0 Å². The quantitative estimate of drug-likeness (QED) is 0.473. The molecule has 0 aliphatic heterocycles. The van der Waals surface area contributed by atoms with Crippen LogP contribution in [0, 0.1) is 5.21 Å². The van der Waals surface area contributed by atoms with Gasteiger partial charge in [0.1, 0.15) is 6.20 Å². The predicted molar refractivity (Wildman–Crippen MR) is 45.0 cm³/mol. The maximum absolute atomic E-state index is 11.0. The van der Waals surface area contributed by atoms with Gasteiger partial charge >= 0.3 is 0 Å². The Morgan fingerprint density at radius 1 is 1.83 bits per heavy atom. The van der Waals surface area contributed by atoms with E-state index in [-0.39, 0.29) is 0 Å². The van der Waals surface area contributed by atoms with Gasteiger partial charge in [-0.15, -0.1) is 4.98 Å². The van der Waals surface area contributed by atoms with Crippen molar-refractivity contribution in [3.8, 4) is 0 Å². The summed E-state index contributed by atoms with van der Waals surface area (Å²) < 4.78 is 0.628. The highest BCUT2D eigenvalue weighted by atomic mass is 16.5. The molecule has 0 saturated heterocycles. The third-order valence-corrected chi connectivity index (χ3v) is 1.22. The zero-order valence-electron chi connectivity index (χ0n) is 6.53. The lowest BCUT2D eigenvalue weighted by Gasteiger charge is -2.08. The number of nitrogens with zero attached hydrogens (tertiary/aromatic N) is 2. The van der Waals surface area contributed by atoms with Gasteiger partial charge in [0, 0.05) is 11.8 Å². The molecule has 12 heavy (non-hydrogen) atoms. The number of hydrogen-bond donors (Lipinski definition) is 2. The Kier molecular flexibility index (Phi) is 2.47. The van der Waals surface area contributed by atoms with Crippen LogP contribution in [-0.4, -0.2) is 11.5 Å². The van der Waals surface area contributed by atoms with Gasteiger partial charge in [-0.3, -0.25) is 10.0 Å². The zero-order chi connectivity index (χ0) is 8.97. The molecule has 0 radical (unpaired) electrons. The number of hydrogen-bond acceptors (Lipinski definition) is 4. The van der Waals surface area contributed by atoms with Crippen molar-refractivity contribution in [2.45, 2.75) is 0 Å². The standard InChI is InChI=1S/C7H10N4O/c1-6(8)4-10-7-2-3-9-5-11(7)12/h2-3,5,10H,1,4,8H2. The van der Waals surface area contributed by atoms with E-state index >= 15 is 0 Å². The molecule has 1 heterocycles. The summed E-state index contributed by atoms with van der Waals surface area (Å²) in [7, 11) is 0. The molecule has 1 aromatic heterocycles. The molecule has 0 amide bonds. The van der Waals surface area contributed by atoms with Crippen molar-refractivity contribution in [1.29, 1.82) is 0 Å². The molecule has 1 rings (SSSR count). The summed E-state index contributed by atoms with van der Waals surface area (Å²) in [5, 5.41) is 13.8. The third kappa shape index (κ3) is 2.12. The number of nitrogens with one attached hydrogen (secondary N) is 1. The van der Waals surface area contributed by atoms with Crippen LogP contribution >= 0.6 is 0 Å². The van der Waals surface area contributed by atoms with Crippen LogP contribution in [0.1, 0.15) is 0 Å². The highest BCUT2D eigenvalue weighted by Gasteiger charge is 1.98. The van der Waals surface area contributed by atoms with E-state index in [2.05, 4.69) is 16.9 Å². The Bertz CT molecular complexity index is 286. The number of anilines is 1. The summed E-state index contributed by atoms with van der Waals surface area (Å²) in [5.41, 5.74) is 5.78. The SMILES string of the molecule is C=C(N)CNc1ccnc[n+]1[O-]. The van der Waals surface area contributed by atoms with Gasteiger partial charge in [0.15, 0.2) is 0 Å². The van der Waals surface area contributed by atoms with Gasteiger partial charge in [0.25, 0.3) is 0 Å². The summed E-state index contributed by atoms with van der Waals surface area (Å²) in [6, 6.07) is 1.57. The van der Waals surface area contributed by atoms with Crippen molar-refractivity contribution in [1.82, 2.24) is 4.98 Å². The van der Waals surface area contributed by atoms with Crippen molar-refractivity contribution in [2.24, 2.45) is 5.73 Å². The minimum atomic E-state index is 0.381. The zero-order valence-corrected chi connectivity index (χ0v) is 6.53. The van der Waals surface area contributed by atoms with Gasteiger partial charge in [0.05, 0.1) is 6.54 Å². The lowest BCUT2D eigenvalue weighted by Crippen LogP contribution is -2.31. The van der Waals surface area contributed by atoms with Gasteiger partial charge < -0.3 is 10.9 Å². The summed E-state index contributed by atoms with van der Waals surface area (Å²) >= 11 is 0. The van der Waals surface area contributed by atoms with Gasteiger partial charge in [-0.2, -0.15) is 0 Å². The molecule has 0 bridgehead atoms. The Hall–Kier alpha value is -1.78. The largest absolute Gasteiger partial charge is 0.740 e. The molecule has 0 unspecified atom stereocenters. The smallest absolute Gasteiger partial charge is 0.225 e. The van der Waals surface area contributed by atoms with Gasteiger partial charge in [-0.25, -0.2) is 0 Å². The van der Waals surface area contributed by atoms with Crippen molar-refractivity contribution >= 4 is 5.82 Å². The summed E-state index contributed by atoms with van der Waals surface area (Å²) in [4.78, 5) is 3.63. The molecule has 3 N–H and O–H groups in total. The second-order valence-electron chi connectivity index (χ2n) is 2.30. The first-order valence-electron chi connectivity index (χ1n) is 3.40. The topological polar surface area (TPSA) is 77.9 Å². The lowest BCUT2D eigenvalue weighted by molar-refractivity contribution is -0.593. The van der Waals surface area contributed by atoms with Gasteiger partial charge in [-0.1, -0.05) is 6.58 Å². The molecular weight excluding hydrogens is 156 g/mol. The van der Waals surface area contributed by atoms with E-state index in [1.54, 1.807) is 6.07 Å². The molecule has 0 atom stereocenters. The van der Waals surface area contributed by atoms with Crippen LogP contribution in [-0.2, 0) is 0 Å². The molecule has 0 aliphatic carbocycles. The van der Waals surface area contributed by atoms with Crippen molar-refractivity contribution in [3.63, 3.8) is 0 Å². The summed E-state index contributed by atoms with van der Waals surface area (Å²) in [6.45, 7) is 3.87. The number of nitrogens with two attached hydrogens (primary N) is 1. The van der Waals surface area contributed by atoms with Crippen LogP contribution < -0.4 is 15.8 Å². The van der Waals surface area contributed by atoms with E-state index in [1.807, 2.05) is 0 Å². The predicted octanol–water partition coefficient (Wildman–Crippen LogP) is -0.401. The molecule has 5 heteroatoms. The minimum absolute atomic E-state index is 0.381. The van der Waals surface area contributed by atoms with Crippen molar-refractivity contribution in [3.05, 3.63) is 36.1 Å². The van der Waals surface area contributed by atoms with E-state index in [1.165, 1.54) is 12.5 Å². The molecule has 5 nitrogen and oxygen atoms in total. The van der Waals surface area contributed by atoms with E-state index in [0.29, 0.717) is 22.8 Å². The average Bonchev–Trinajstić information content (AvgIpc) is 2.03. The molecular formula is C7H10N4O. The number of aromatic nitrogens is 2. The molecule has 0 aromatic carbocycles. The molecule has 0 aliphatic rings.